The molecule has 1 amide bonds. The first kappa shape index (κ1) is 18.8. The van der Waals surface area contributed by atoms with Gasteiger partial charge in [-0.25, -0.2) is 13.8 Å². The van der Waals surface area contributed by atoms with Crippen LogP contribution in [0.2, 0.25) is 0 Å². The third kappa shape index (κ3) is 4.16. The Labute approximate surface area is 166 Å². The molecular weight excluding hydrogens is 372 g/mol. The van der Waals surface area contributed by atoms with Gasteiger partial charge < -0.3 is 10.3 Å². The SMILES string of the molecule is O=C(NCC(c1ccccc1)c1ccccc1)c1ccc2nc(C(F)F)[nH]c2c1. The van der Waals surface area contributed by atoms with E-state index in [0.29, 0.717) is 23.1 Å². The van der Waals surface area contributed by atoms with Crippen molar-refractivity contribution in [2.75, 3.05) is 6.54 Å². The van der Waals surface area contributed by atoms with Crippen LogP contribution in [0.4, 0.5) is 8.78 Å². The summed E-state index contributed by atoms with van der Waals surface area (Å²) >= 11 is 0. The number of carbonyl (C=O) groups is 1. The van der Waals surface area contributed by atoms with Crippen molar-refractivity contribution in [1.82, 2.24) is 15.3 Å². The molecule has 0 unspecified atom stereocenters. The van der Waals surface area contributed by atoms with Crippen LogP contribution < -0.4 is 5.32 Å². The molecule has 0 bridgehead atoms. The van der Waals surface area contributed by atoms with Gasteiger partial charge >= 0.3 is 0 Å². The summed E-state index contributed by atoms with van der Waals surface area (Å²) in [6, 6.07) is 24.6. The molecule has 0 aliphatic heterocycles. The fourth-order valence-electron chi connectivity index (χ4n) is 3.37. The normalized spacial score (nSPS) is 11.3. The number of H-pyrrole nitrogens is 1. The largest absolute Gasteiger partial charge is 0.351 e. The van der Waals surface area contributed by atoms with Crippen molar-refractivity contribution >= 4 is 16.9 Å². The van der Waals surface area contributed by atoms with Crippen LogP contribution in [0.15, 0.2) is 78.9 Å². The summed E-state index contributed by atoms with van der Waals surface area (Å²) in [5.41, 5.74) is 3.41. The van der Waals surface area contributed by atoms with Crippen LogP contribution in [0.5, 0.6) is 0 Å². The molecule has 0 aliphatic carbocycles. The van der Waals surface area contributed by atoms with E-state index in [9.17, 15) is 13.6 Å². The lowest BCUT2D eigenvalue weighted by molar-refractivity contribution is 0.0952. The first-order valence-corrected chi connectivity index (χ1v) is 9.28. The zero-order chi connectivity index (χ0) is 20.2. The third-order valence-electron chi connectivity index (χ3n) is 4.84. The molecule has 1 heterocycles. The molecule has 0 saturated heterocycles. The second kappa shape index (κ2) is 8.22. The molecule has 146 valence electrons. The summed E-state index contributed by atoms with van der Waals surface area (Å²) in [7, 11) is 0. The molecule has 3 aromatic carbocycles. The first-order valence-electron chi connectivity index (χ1n) is 9.28. The summed E-state index contributed by atoms with van der Waals surface area (Å²) in [5, 5.41) is 2.97. The molecule has 0 fully saturated rings. The molecule has 4 nitrogen and oxygen atoms in total. The molecule has 0 atom stereocenters. The van der Waals surface area contributed by atoms with E-state index in [4.69, 9.17) is 0 Å². The van der Waals surface area contributed by atoms with Crippen LogP contribution in [-0.4, -0.2) is 22.4 Å². The third-order valence-corrected chi connectivity index (χ3v) is 4.84. The number of hydrogen-bond acceptors (Lipinski definition) is 2. The number of alkyl halides is 2. The Morgan fingerprint density at radius 1 is 0.931 bits per heavy atom. The lowest BCUT2D eigenvalue weighted by atomic mass is 9.91. The van der Waals surface area contributed by atoms with Crippen molar-refractivity contribution in [2.24, 2.45) is 0 Å². The molecule has 0 radical (unpaired) electrons. The van der Waals surface area contributed by atoms with E-state index < -0.39 is 12.2 Å². The second-order valence-electron chi connectivity index (χ2n) is 6.74. The Bertz CT molecular complexity index is 1070. The van der Waals surface area contributed by atoms with Crippen LogP contribution in [0, 0.1) is 0 Å². The van der Waals surface area contributed by atoms with Crippen molar-refractivity contribution in [1.29, 1.82) is 0 Å². The van der Waals surface area contributed by atoms with E-state index in [1.54, 1.807) is 18.2 Å². The summed E-state index contributed by atoms with van der Waals surface area (Å²) in [4.78, 5) is 19.1. The molecular formula is C23H19F2N3O. The minimum absolute atomic E-state index is 0.00247. The fourth-order valence-corrected chi connectivity index (χ4v) is 3.37. The first-order chi connectivity index (χ1) is 14.1. The van der Waals surface area contributed by atoms with Crippen molar-refractivity contribution in [3.05, 3.63) is 101 Å². The van der Waals surface area contributed by atoms with Crippen LogP contribution in [-0.2, 0) is 0 Å². The quantitative estimate of drug-likeness (QED) is 0.483. The number of benzene rings is 3. The summed E-state index contributed by atoms with van der Waals surface area (Å²) in [6.45, 7) is 0.413. The zero-order valence-electron chi connectivity index (χ0n) is 15.5. The highest BCUT2D eigenvalue weighted by Gasteiger charge is 2.17. The van der Waals surface area contributed by atoms with Gasteiger partial charge in [-0.05, 0) is 29.3 Å². The van der Waals surface area contributed by atoms with Gasteiger partial charge in [0.1, 0.15) is 0 Å². The zero-order valence-corrected chi connectivity index (χ0v) is 15.5. The predicted octanol–water partition coefficient (Wildman–Crippen LogP) is 5.06. The molecule has 1 aromatic heterocycles. The maximum Gasteiger partial charge on any atom is 0.295 e. The number of hydrogen-bond donors (Lipinski definition) is 2. The van der Waals surface area contributed by atoms with Gasteiger partial charge in [0.2, 0.25) is 0 Å². The van der Waals surface area contributed by atoms with Gasteiger partial charge in [-0.3, -0.25) is 4.79 Å². The van der Waals surface area contributed by atoms with Crippen LogP contribution in [0.3, 0.4) is 0 Å². The Morgan fingerprint density at radius 2 is 1.55 bits per heavy atom. The monoisotopic (exact) mass is 391 g/mol. The number of carbonyl (C=O) groups excluding carboxylic acids is 1. The molecule has 0 spiro atoms. The van der Waals surface area contributed by atoms with Crippen molar-refractivity contribution in [3.63, 3.8) is 0 Å². The van der Waals surface area contributed by atoms with Gasteiger partial charge in [0.25, 0.3) is 12.3 Å². The number of nitrogens with one attached hydrogen (secondary N) is 2. The molecule has 2 N–H and O–H groups in total. The highest BCUT2D eigenvalue weighted by atomic mass is 19.3. The molecule has 6 heteroatoms. The number of nitrogens with zero attached hydrogens (tertiary/aromatic N) is 1. The van der Waals surface area contributed by atoms with E-state index in [1.165, 1.54) is 0 Å². The van der Waals surface area contributed by atoms with E-state index in [0.717, 1.165) is 11.1 Å². The number of fused-ring (bicyclic) bond motifs is 1. The minimum atomic E-state index is -2.68. The number of aromatic amines is 1. The Kier molecular flexibility index (Phi) is 5.33. The van der Waals surface area contributed by atoms with Crippen LogP contribution in [0.1, 0.15) is 39.7 Å². The van der Waals surface area contributed by atoms with Crippen molar-refractivity contribution < 1.29 is 13.6 Å². The number of aromatic nitrogens is 2. The number of imidazole rings is 1. The fraction of sp³-hybridized carbons (Fsp3) is 0.130. The van der Waals surface area contributed by atoms with Gasteiger partial charge in [0.05, 0.1) is 11.0 Å². The van der Waals surface area contributed by atoms with Gasteiger partial charge in [0, 0.05) is 18.0 Å². The lowest BCUT2D eigenvalue weighted by Gasteiger charge is -2.19. The average Bonchev–Trinajstić information content (AvgIpc) is 3.19. The summed E-state index contributed by atoms with van der Waals surface area (Å²) in [5.74, 6) is -0.662. The Hall–Kier alpha value is -3.54. The Balaban J connectivity index is 1.54. The van der Waals surface area contributed by atoms with Gasteiger partial charge in [-0.2, -0.15) is 0 Å². The topological polar surface area (TPSA) is 57.8 Å². The smallest absolute Gasteiger partial charge is 0.295 e. The van der Waals surface area contributed by atoms with E-state index in [-0.39, 0.29) is 11.8 Å². The Morgan fingerprint density at radius 3 is 2.14 bits per heavy atom. The lowest BCUT2D eigenvalue weighted by Crippen LogP contribution is -2.28. The number of amides is 1. The maximum absolute atomic E-state index is 12.8. The van der Waals surface area contributed by atoms with E-state index >= 15 is 0 Å². The second-order valence-corrected chi connectivity index (χ2v) is 6.74. The number of halogens is 2. The summed E-state index contributed by atoms with van der Waals surface area (Å²) in [6.07, 6.45) is -2.68. The van der Waals surface area contributed by atoms with Crippen molar-refractivity contribution in [3.8, 4) is 0 Å². The number of rotatable bonds is 6. The van der Waals surface area contributed by atoms with E-state index in [1.807, 2.05) is 60.7 Å². The molecule has 29 heavy (non-hydrogen) atoms. The average molecular weight is 391 g/mol. The highest BCUT2D eigenvalue weighted by molar-refractivity contribution is 5.97. The molecule has 0 saturated carbocycles. The van der Waals surface area contributed by atoms with Gasteiger partial charge in [-0.1, -0.05) is 60.7 Å². The standard InChI is InChI=1S/C23H19F2N3O/c24-21(25)22-27-19-12-11-17(13-20(19)28-22)23(29)26-14-18(15-7-3-1-4-8-15)16-9-5-2-6-10-16/h1-13,18,21H,14H2,(H,26,29)(H,27,28). The van der Waals surface area contributed by atoms with Crippen LogP contribution >= 0.6 is 0 Å². The maximum atomic E-state index is 12.8. The van der Waals surface area contributed by atoms with Crippen LogP contribution in [0.25, 0.3) is 11.0 Å². The van der Waals surface area contributed by atoms with E-state index in [2.05, 4.69) is 15.3 Å². The molecule has 4 rings (SSSR count). The summed E-state index contributed by atoms with van der Waals surface area (Å²) < 4.78 is 25.6. The predicted molar refractivity (Wildman–Crippen MR) is 108 cm³/mol. The highest BCUT2D eigenvalue weighted by Crippen LogP contribution is 2.24. The van der Waals surface area contributed by atoms with Gasteiger partial charge in [0.15, 0.2) is 5.82 Å². The van der Waals surface area contributed by atoms with Gasteiger partial charge in [-0.15, -0.1) is 0 Å². The molecule has 4 aromatic rings. The van der Waals surface area contributed by atoms with Crippen molar-refractivity contribution in [2.45, 2.75) is 12.3 Å². The minimum Gasteiger partial charge on any atom is -0.351 e. The molecule has 0 aliphatic rings.